The first-order chi connectivity index (χ1) is 8.31. The third-order valence-electron chi connectivity index (χ3n) is 2.51. The van der Waals surface area contributed by atoms with Crippen LogP contribution in [0, 0.1) is 5.82 Å². The van der Waals surface area contributed by atoms with E-state index in [2.05, 4.69) is 0 Å². The van der Waals surface area contributed by atoms with E-state index >= 15 is 0 Å². The molecule has 0 radical (unpaired) electrons. The van der Waals surface area contributed by atoms with E-state index in [1.807, 2.05) is 0 Å². The second kappa shape index (κ2) is 5.48. The molecule has 0 aromatic heterocycles. The minimum Gasteiger partial charge on any atom is -0.373 e. The summed E-state index contributed by atoms with van der Waals surface area (Å²) in [7, 11) is 1.31. The molecule has 0 aliphatic carbocycles. The summed E-state index contributed by atoms with van der Waals surface area (Å²) in [5, 5.41) is 0. The van der Waals surface area contributed by atoms with Gasteiger partial charge in [-0.05, 0) is 18.6 Å². The summed E-state index contributed by atoms with van der Waals surface area (Å²) in [6, 6.07) is 2.10. The van der Waals surface area contributed by atoms with Gasteiger partial charge < -0.3 is 4.74 Å². The Labute approximate surface area is 102 Å². The molecule has 0 aliphatic rings. The van der Waals surface area contributed by atoms with Crippen LogP contribution in [0.25, 0.3) is 0 Å². The van der Waals surface area contributed by atoms with Crippen LogP contribution in [0.4, 0.5) is 17.6 Å². The highest BCUT2D eigenvalue weighted by Crippen LogP contribution is 2.31. The van der Waals surface area contributed by atoms with Crippen LogP contribution in [-0.4, -0.2) is 19.0 Å². The fraction of sp³-hybridized carbons (Fsp3) is 0.417. The summed E-state index contributed by atoms with van der Waals surface area (Å²) in [5.74, 6) is -1.99. The SMILES string of the molecule is CCC(OC)C(=O)c1ccc(C(F)(F)F)c(F)c1. The van der Waals surface area contributed by atoms with Gasteiger partial charge in [0.05, 0.1) is 5.56 Å². The van der Waals surface area contributed by atoms with Gasteiger partial charge in [-0.1, -0.05) is 13.0 Å². The van der Waals surface area contributed by atoms with E-state index in [4.69, 9.17) is 4.74 Å². The number of rotatable bonds is 4. The van der Waals surface area contributed by atoms with Crippen molar-refractivity contribution in [2.24, 2.45) is 0 Å². The fourth-order valence-corrected chi connectivity index (χ4v) is 1.54. The summed E-state index contributed by atoms with van der Waals surface area (Å²) in [5.41, 5.74) is -1.52. The van der Waals surface area contributed by atoms with Gasteiger partial charge in [-0.2, -0.15) is 13.2 Å². The van der Waals surface area contributed by atoms with Crippen LogP contribution in [0.1, 0.15) is 29.3 Å². The quantitative estimate of drug-likeness (QED) is 0.615. The molecule has 0 heterocycles. The first-order valence-corrected chi connectivity index (χ1v) is 5.25. The van der Waals surface area contributed by atoms with Gasteiger partial charge in [0, 0.05) is 12.7 Å². The Bertz CT molecular complexity index is 436. The Morgan fingerprint density at radius 3 is 2.39 bits per heavy atom. The van der Waals surface area contributed by atoms with Crippen molar-refractivity contribution >= 4 is 5.78 Å². The monoisotopic (exact) mass is 264 g/mol. The molecule has 6 heteroatoms. The number of ketones is 1. The lowest BCUT2D eigenvalue weighted by Crippen LogP contribution is -2.22. The van der Waals surface area contributed by atoms with Gasteiger partial charge >= 0.3 is 6.18 Å². The molecule has 0 saturated carbocycles. The van der Waals surface area contributed by atoms with Crippen molar-refractivity contribution in [3.05, 3.63) is 35.1 Å². The number of benzene rings is 1. The third kappa shape index (κ3) is 3.07. The number of methoxy groups -OCH3 is 1. The van der Waals surface area contributed by atoms with E-state index in [0.29, 0.717) is 18.6 Å². The standard InChI is InChI=1S/C12H12F4O2/c1-3-10(18-2)11(17)7-4-5-8(9(13)6-7)12(14,15)16/h4-6,10H,3H2,1-2H3. The molecule has 0 N–H and O–H groups in total. The van der Waals surface area contributed by atoms with E-state index in [1.54, 1.807) is 6.92 Å². The van der Waals surface area contributed by atoms with Gasteiger partial charge in [0.2, 0.25) is 0 Å². The zero-order chi connectivity index (χ0) is 13.9. The number of carbonyl (C=O) groups excluding carboxylic acids is 1. The van der Waals surface area contributed by atoms with E-state index in [0.717, 1.165) is 6.07 Å². The average molecular weight is 264 g/mol. The lowest BCUT2D eigenvalue weighted by molar-refractivity contribution is -0.140. The van der Waals surface area contributed by atoms with Crippen LogP contribution in [-0.2, 0) is 10.9 Å². The van der Waals surface area contributed by atoms with Crippen molar-refractivity contribution in [2.75, 3.05) is 7.11 Å². The van der Waals surface area contributed by atoms with Crippen molar-refractivity contribution in [3.63, 3.8) is 0 Å². The molecular formula is C12H12F4O2. The van der Waals surface area contributed by atoms with Crippen LogP contribution in [0.15, 0.2) is 18.2 Å². The Kier molecular flexibility index (Phi) is 4.45. The number of hydrogen-bond acceptors (Lipinski definition) is 2. The molecule has 0 aliphatic heterocycles. The van der Waals surface area contributed by atoms with E-state index in [1.165, 1.54) is 7.11 Å². The molecule has 0 spiro atoms. The molecule has 1 aromatic carbocycles. The molecule has 1 atom stereocenters. The molecule has 0 fully saturated rings. The van der Waals surface area contributed by atoms with Gasteiger partial charge in [-0.15, -0.1) is 0 Å². The Balaban J connectivity index is 3.08. The molecule has 0 amide bonds. The highest BCUT2D eigenvalue weighted by molar-refractivity contribution is 5.99. The first-order valence-electron chi connectivity index (χ1n) is 5.25. The number of hydrogen-bond donors (Lipinski definition) is 0. The Morgan fingerprint density at radius 2 is 2.00 bits per heavy atom. The second-order valence-corrected chi connectivity index (χ2v) is 3.69. The van der Waals surface area contributed by atoms with Crippen molar-refractivity contribution < 1.29 is 27.1 Å². The topological polar surface area (TPSA) is 26.3 Å². The van der Waals surface area contributed by atoms with Crippen LogP contribution in [0.5, 0.6) is 0 Å². The van der Waals surface area contributed by atoms with Crippen LogP contribution in [0.3, 0.4) is 0 Å². The van der Waals surface area contributed by atoms with Crippen molar-refractivity contribution in [2.45, 2.75) is 25.6 Å². The predicted octanol–water partition coefficient (Wildman–Crippen LogP) is 3.45. The maximum Gasteiger partial charge on any atom is 0.419 e. The predicted molar refractivity (Wildman–Crippen MR) is 56.8 cm³/mol. The number of alkyl halides is 3. The number of Topliss-reactive ketones (excluding diaryl/α,β-unsaturated/α-hetero) is 1. The molecular weight excluding hydrogens is 252 g/mol. The smallest absolute Gasteiger partial charge is 0.373 e. The Morgan fingerprint density at radius 1 is 1.39 bits per heavy atom. The van der Waals surface area contributed by atoms with Gasteiger partial charge in [0.25, 0.3) is 0 Å². The third-order valence-corrected chi connectivity index (χ3v) is 2.51. The highest BCUT2D eigenvalue weighted by atomic mass is 19.4. The molecule has 0 saturated heterocycles. The minimum absolute atomic E-state index is 0.130. The molecule has 2 nitrogen and oxygen atoms in total. The second-order valence-electron chi connectivity index (χ2n) is 3.69. The largest absolute Gasteiger partial charge is 0.419 e. The maximum atomic E-state index is 13.3. The van der Waals surface area contributed by atoms with Gasteiger partial charge in [-0.25, -0.2) is 4.39 Å². The zero-order valence-corrected chi connectivity index (χ0v) is 9.84. The average Bonchev–Trinajstić information content (AvgIpc) is 2.28. The highest BCUT2D eigenvalue weighted by Gasteiger charge is 2.34. The molecule has 100 valence electrons. The lowest BCUT2D eigenvalue weighted by Gasteiger charge is -2.13. The van der Waals surface area contributed by atoms with Crippen molar-refractivity contribution in [3.8, 4) is 0 Å². The summed E-state index contributed by atoms with van der Waals surface area (Å²) < 4.78 is 55.1. The summed E-state index contributed by atoms with van der Waals surface area (Å²) in [4.78, 5) is 11.7. The molecule has 18 heavy (non-hydrogen) atoms. The van der Waals surface area contributed by atoms with E-state index in [-0.39, 0.29) is 5.56 Å². The summed E-state index contributed by atoms with van der Waals surface area (Å²) in [6.45, 7) is 1.69. The number of ether oxygens (including phenoxy) is 1. The molecule has 1 rings (SSSR count). The molecule has 1 aromatic rings. The van der Waals surface area contributed by atoms with Crippen LogP contribution in [0.2, 0.25) is 0 Å². The maximum absolute atomic E-state index is 13.3. The molecule has 1 unspecified atom stereocenters. The fourth-order valence-electron chi connectivity index (χ4n) is 1.54. The van der Waals surface area contributed by atoms with Gasteiger partial charge in [0.15, 0.2) is 5.78 Å². The van der Waals surface area contributed by atoms with Crippen molar-refractivity contribution in [1.29, 1.82) is 0 Å². The number of carbonyl (C=O) groups is 1. The normalized spacial score (nSPS) is 13.4. The van der Waals surface area contributed by atoms with Gasteiger partial charge in [-0.3, -0.25) is 4.79 Å². The first kappa shape index (κ1) is 14.6. The van der Waals surface area contributed by atoms with Gasteiger partial charge in [0.1, 0.15) is 11.9 Å². The van der Waals surface area contributed by atoms with E-state index < -0.39 is 29.4 Å². The summed E-state index contributed by atoms with van der Waals surface area (Å²) in [6.07, 6.45) is -5.18. The van der Waals surface area contributed by atoms with Crippen LogP contribution < -0.4 is 0 Å². The Hall–Kier alpha value is -1.43. The molecule has 0 bridgehead atoms. The minimum atomic E-state index is -4.77. The zero-order valence-electron chi connectivity index (χ0n) is 9.84. The number of halogens is 4. The van der Waals surface area contributed by atoms with Crippen LogP contribution >= 0.6 is 0 Å². The summed E-state index contributed by atoms with van der Waals surface area (Å²) >= 11 is 0. The van der Waals surface area contributed by atoms with E-state index in [9.17, 15) is 22.4 Å². The van der Waals surface area contributed by atoms with Crippen molar-refractivity contribution in [1.82, 2.24) is 0 Å². The lowest BCUT2D eigenvalue weighted by atomic mass is 10.0.